The van der Waals surface area contributed by atoms with E-state index in [0.717, 1.165) is 0 Å². The van der Waals surface area contributed by atoms with E-state index in [-0.39, 0.29) is 30.0 Å². The van der Waals surface area contributed by atoms with Crippen molar-refractivity contribution in [2.24, 2.45) is 0 Å². The standard InChI is InChI=1S/C17H23N3O4/c1-5-23-15(21)14-12(10-18)6-9-20(14)13-7-8-19(11-13)16(22)24-17(2,3)4/h6,9,13H,5,7-8,11H2,1-4H3/t13-/m1/s1. The molecule has 1 aliphatic heterocycles. The summed E-state index contributed by atoms with van der Waals surface area (Å²) in [7, 11) is 0. The van der Waals surface area contributed by atoms with Crippen molar-refractivity contribution in [2.75, 3.05) is 19.7 Å². The van der Waals surface area contributed by atoms with Gasteiger partial charge in [0.25, 0.3) is 0 Å². The Hall–Kier alpha value is -2.49. The largest absolute Gasteiger partial charge is 0.461 e. The number of ether oxygens (including phenoxy) is 2. The van der Waals surface area contributed by atoms with Gasteiger partial charge in [0.2, 0.25) is 0 Å². The fourth-order valence-electron chi connectivity index (χ4n) is 2.72. The molecule has 0 saturated carbocycles. The zero-order valence-electron chi connectivity index (χ0n) is 14.5. The third-order valence-electron chi connectivity index (χ3n) is 3.71. The fourth-order valence-corrected chi connectivity index (χ4v) is 2.72. The van der Waals surface area contributed by atoms with Crippen LogP contribution in [-0.4, -0.2) is 46.8 Å². The number of esters is 1. The quantitative estimate of drug-likeness (QED) is 0.794. The Labute approximate surface area is 141 Å². The molecule has 1 saturated heterocycles. The van der Waals surface area contributed by atoms with Gasteiger partial charge in [-0.2, -0.15) is 5.26 Å². The topological polar surface area (TPSA) is 84.6 Å². The van der Waals surface area contributed by atoms with Gasteiger partial charge in [-0.05, 0) is 40.2 Å². The van der Waals surface area contributed by atoms with Crippen LogP contribution >= 0.6 is 0 Å². The Morgan fingerprint density at radius 1 is 1.42 bits per heavy atom. The molecule has 24 heavy (non-hydrogen) atoms. The summed E-state index contributed by atoms with van der Waals surface area (Å²) in [4.78, 5) is 26.0. The summed E-state index contributed by atoms with van der Waals surface area (Å²) >= 11 is 0. The maximum atomic E-state index is 12.2. The first-order valence-electron chi connectivity index (χ1n) is 8.02. The van der Waals surface area contributed by atoms with Gasteiger partial charge in [-0.15, -0.1) is 0 Å². The number of nitriles is 1. The lowest BCUT2D eigenvalue weighted by Gasteiger charge is -2.24. The van der Waals surface area contributed by atoms with Gasteiger partial charge < -0.3 is 18.9 Å². The molecule has 1 fully saturated rings. The highest BCUT2D eigenvalue weighted by Crippen LogP contribution is 2.27. The van der Waals surface area contributed by atoms with Gasteiger partial charge in [-0.3, -0.25) is 0 Å². The first-order valence-corrected chi connectivity index (χ1v) is 8.02. The van der Waals surface area contributed by atoms with Crippen molar-refractivity contribution in [1.82, 2.24) is 9.47 Å². The van der Waals surface area contributed by atoms with Gasteiger partial charge in [0, 0.05) is 19.3 Å². The Bertz CT molecular complexity index is 666. The maximum absolute atomic E-state index is 12.2. The molecule has 0 aromatic carbocycles. The van der Waals surface area contributed by atoms with Crippen LogP contribution in [0, 0.1) is 11.3 Å². The summed E-state index contributed by atoms with van der Waals surface area (Å²) < 4.78 is 12.2. The summed E-state index contributed by atoms with van der Waals surface area (Å²) in [5.41, 5.74) is -0.0216. The van der Waals surface area contributed by atoms with Crippen LogP contribution in [-0.2, 0) is 9.47 Å². The summed E-state index contributed by atoms with van der Waals surface area (Å²) in [6.45, 7) is 8.40. The molecule has 0 unspecified atom stereocenters. The van der Waals surface area contributed by atoms with Crippen molar-refractivity contribution in [3.05, 3.63) is 23.5 Å². The van der Waals surface area contributed by atoms with Crippen molar-refractivity contribution in [2.45, 2.75) is 45.8 Å². The number of likely N-dealkylation sites (tertiary alicyclic amines) is 1. The molecule has 0 radical (unpaired) electrons. The highest BCUT2D eigenvalue weighted by molar-refractivity contribution is 5.90. The average Bonchev–Trinajstić information content (AvgIpc) is 3.12. The predicted molar refractivity (Wildman–Crippen MR) is 86.6 cm³/mol. The number of aromatic nitrogens is 1. The number of amides is 1. The lowest BCUT2D eigenvalue weighted by molar-refractivity contribution is 0.0289. The first-order chi connectivity index (χ1) is 11.3. The highest BCUT2D eigenvalue weighted by atomic mass is 16.6. The number of hydrogen-bond donors (Lipinski definition) is 0. The minimum Gasteiger partial charge on any atom is -0.461 e. The number of nitrogens with zero attached hydrogens (tertiary/aromatic N) is 3. The Morgan fingerprint density at radius 2 is 2.12 bits per heavy atom. The van der Waals surface area contributed by atoms with Crippen LogP contribution in [0.3, 0.4) is 0 Å². The van der Waals surface area contributed by atoms with Crippen molar-refractivity contribution < 1.29 is 19.1 Å². The molecule has 1 aliphatic rings. The molecule has 2 heterocycles. The second kappa shape index (κ2) is 6.95. The molecule has 1 aromatic rings. The van der Waals surface area contributed by atoms with Crippen LogP contribution in [0.5, 0.6) is 0 Å². The molecule has 130 valence electrons. The van der Waals surface area contributed by atoms with Crippen molar-refractivity contribution in [1.29, 1.82) is 5.26 Å². The number of hydrogen-bond acceptors (Lipinski definition) is 5. The second-order valence-electron chi connectivity index (χ2n) is 6.69. The summed E-state index contributed by atoms with van der Waals surface area (Å²) in [6.07, 6.45) is 2.02. The SMILES string of the molecule is CCOC(=O)c1c(C#N)ccn1[C@@H]1CCN(C(=O)OC(C)(C)C)C1. The van der Waals surface area contributed by atoms with E-state index in [2.05, 4.69) is 0 Å². The molecular weight excluding hydrogens is 310 g/mol. The summed E-state index contributed by atoms with van der Waals surface area (Å²) in [5.74, 6) is -0.519. The lowest BCUT2D eigenvalue weighted by Crippen LogP contribution is -2.35. The molecular formula is C17H23N3O4. The van der Waals surface area contributed by atoms with E-state index < -0.39 is 11.6 Å². The summed E-state index contributed by atoms with van der Waals surface area (Å²) in [5, 5.41) is 9.20. The van der Waals surface area contributed by atoms with Crippen LogP contribution < -0.4 is 0 Å². The minimum absolute atomic E-state index is 0.0842. The minimum atomic E-state index is -0.549. The molecule has 1 atom stereocenters. The van der Waals surface area contributed by atoms with Crippen LogP contribution in [0.4, 0.5) is 4.79 Å². The van der Waals surface area contributed by atoms with Crippen molar-refractivity contribution in [3.63, 3.8) is 0 Å². The van der Waals surface area contributed by atoms with Crippen LogP contribution in [0.15, 0.2) is 12.3 Å². The van der Waals surface area contributed by atoms with Gasteiger partial charge >= 0.3 is 12.1 Å². The van der Waals surface area contributed by atoms with Gasteiger partial charge in [0.1, 0.15) is 17.4 Å². The zero-order chi connectivity index (χ0) is 17.9. The second-order valence-corrected chi connectivity index (χ2v) is 6.69. The van der Waals surface area contributed by atoms with Crippen LogP contribution in [0.1, 0.15) is 56.2 Å². The number of carbonyl (C=O) groups excluding carboxylic acids is 2. The number of rotatable bonds is 3. The van der Waals surface area contributed by atoms with E-state index >= 15 is 0 Å². The molecule has 7 heteroatoms. The summed E-state index contributed by atoms with van der Waals surface area (Å²) in [6, 6.07) is 3.53. The Kier molecular flexibility index (Phi) is 5.17. The van der Waals surface area contributed by atoms with Gasteiger partial charge in [0.05, 0.1) is 18.2 Å². The molecule has 0 aliphatic carbocycles. The maximum Gasteiger partial charge on any atom is 0.410 e. The predicted octanol–water partition coefficient (Wildman–Crippen LogP) is 2.72. The third kappa shape index (κ3) is 3.88. The lowest BCUT2D eigenvalue weighted by atomic mass is 10.2. The molecule has 7 nitrogen and oxygen atoms in total. The van der Waals surface area contributed by atoms with E-state index in [9.17, 15) is 14.9 Å². The van der Waals surface area contributed by atoms with E-state index in [4.69, 9.17) is 9.47 Å². The molecule has 2 rings (SSSR count). The van der Waals surface area contributed by atoms with Gasteiger partial charge in [0.15, 0.2) is 0 Å². The monoisotopic (exact) mass is 333 g/mol. The zero-order valence-corrected chi connectivity index (χ0v) is 14.5. The molecule has 0 spiro atoms. The third-order valence-corrected chi connectivity index (χ3v) is 3.71. The van der Waals surface area contributed by atoms with E-state index in [1.165, 1.54) is 0 Å². The molecule has 0 bridgehead atoms. The highest BCUT2D eigenvalue weighted by Gasteiger charge is 2.33. The normalized spacial score (nSPS) is 17.5. The van der Waals surface area contributed by atoms with Gasteiger partial charge in [-0.25, -0.2) is 9.59 Å². The molecule has 1 aromatic heterocycles. The Morgan fingerprint density at radius 3 is 2.71 bits per heavy atom. The van der Waals surface area contributed by atoms with E-state index in [0.29, 0.717) is 19.5 Å². The van der Waals surface area contributed by atoms with Crippen LogP contribution in [0.2, 0.25) is 0 Å². The van der Waals surface area contributed by atoms with E-state index in [1.807, 2.05) is 26.8 Å². The smallest absolute Gasteiger partial charge is 0.410 e. The average molecular weight is 333 g/mol. The van der Waals surface area contributed by atoms with Crippen molar-refractivity contribution in [3.8, 4) is 6.07 Å². The molecule has 0 N–H and O–H groups in total. The Balaban J connectivity index is 2.17. The number of carbonyl (C=O) groups is 2. The van der Waals surface area contributed by atoms with Gasteiger partial charge in [-0.1, -0.05) is 0 Å². The molecule has 1 amide bonds. The fraction of sp³-hybridized carbons (Fsp3) is 0.588. The van der Waals surface area contributed by atoms with E-state index in [1.54, 1.807) is 28.7 Å². The van der Waals surface area contributed by atoms with Crippen LogP contribution in [0.25, 0.3) is 0 Å². The van der Waals surface area contributed by atoms with Crippen molar-refractivity contribution >= 4 is 12.1 Å². The first kappa shape index (κ1) is 17.9.